The Kier molecular flexibility index (Phi) is 5.90. The van der Waals surface area contributed by atoms with E-state index in [9.17, 15) is 0 Å². The van der Waals surface area contributed by atoms with Gasteiger partial charge in [0.25, 0.3) is 0 Å². The largest absolute Gasteiger partial charge is 0.289 e. The molecule has 0 aliphatic carbocycles. The van der Waals surface area contributed by atoms with Gasteiger partial charge in [0.1, 0.15) is 0 Å². The van der Waals surface area contributed by atoms with Crippen molar-refractivity contribution in [1.29, 1.82) is 0 Å². The molecule has 1 aromatic carbocycles. The predicted molar refractivity (Wildman–Crippen MR) is 87.3 cm³/mol. The first-order valence-electron chi connectivity index (χ1n) is 7.15. The second-order valence-corrected chi connectivity index (χ2v) is 4.68. The van der Waals surface area contributed by atoms with Crippen LogP contribution in [0.4, 0.5) is 0 Å². The van der Waals surface area contributed by atoms with Gasteiger partial charge in [-0.25, -0.2) is 4.99 Å². The molecule has 104 valence electrons. The van der Waals surface area contributed by atoms with Gasteiger partial charge >= 0.3 is 0 Å². The molecule has 0 N–H and O–H groups in total. The highest BCUT2D eigenvalue weighted by Gasteiger charge is 1.99. The van der Waals surface area contributed by atoms with Crippen LogP contribution in [0.3, 0.4) is 0 Å². The fourth-order valence-electron chi connectivity index (χ4n) is 2.09. The molecule has 20 heavy (non-hydrogen) atoms. The van der Waals surface area contributed by atoms with E-state index in [0.717, 1.165) is 43.6 Å². The molecule has 0 saturated heterocycles. The lowest BCUT2D eigenvalue weighted by Crippen LogP contribution is -2.01. The quantitative estimate of drug-likeness (QED) is 0.443. The molecule has 0 aromatic heterocycles. The van der Waals surface area contributed by atoms with Gasteiger partial charge in [0.15, 0.2) is 5.84 Å². The molecule has 3 nitrogen and oxygen atoms in total. The highest BCUT2D eigenvalue weighted by atomic mass is 14.9. The van der Waals surface area contributed by atoms with Crippen LogP contribution in [-0.4, -0.2) is 31.4 Å². The number of amidine groups is 1. The summed E-state index contributed by atoms with van der Waals surface area (Å²) in [5.41, 5.74) is 2.28. The maximum atomic E-state index is 4.49. The smallest absolute Gasteiger partial charge is 0.153 e. The zero-order chi connectivity index (χ0) is 14.0. The average Bonchev–Trinajstić information content (AvgIpc) is 2.53. The predicted octanol–water partition coefficient (Wildman–Crippen LogP) is 3.71. The standard InChI is InChI=1S/C17H21N3/c1-18-17(15-9-3-2-4-10-15)20-14-8-6-12-16-11-5-7-13-19-16/h2-5,9-11,14H,6-8,12-13H2,1H3. The summed E-state index contributed by atoms with van der Waals surface area (Å²) in [6, 6.07) is 10.1. The van der Waals surface area contributed by atoms with Crippen molar-refractivity contribution in [2.24, 2.45) is 15.0 Å². The highest BCUT2D eigenvalue weighted by Crippen LogP contribution is 2.05. The normalized spacial score (nSPS) is 15.7. The maximum absolute atomic E-state index is 4.49. The number of benzene rings is 1. The molecule has 0 atom stereocenters. The van der Waals surface area contributed by atoms with Crippen LogP contribution in [0.5, 0.6) is 0 Å². The molecule has 0 fully saturated rings. The lowest BCUT2D eigenvalue weighted by Gasteiger charge is -2.04. The third kappa shape index (κ3) is 4.57. The van der Waals surface area contributed by atoms with Gasteiger partial charge in [-0.2, -0.15) is 0 Å². The number of hydrogen-bond acceptors (Lipinski definition) is 2. The van der Waals surface area contributed by atoms with Gasteiger partial charge in [-0.3, -0.25) is 9.98 Å². The monoisotopic (exact) mass is 267 g/mol. The van der Waals surface area contributed by atoms with Crippen molar-refractivity contribution in [2.45, 2.75) is 25.7 Å². The first kappa shape index (κ1) is 14.4. The zero-order valence-electron chi connectivity index (χ0n) is 12.0. The second-order valence-electron chi connectivity index (χ2n) is 4.68. The van der Waals surface area contributed by atoms with E-state index in [2.05, 4.69) is 27.1 Å². The van der Waals surface area contributed by atoms with Crippen molar-refractivity contribution < 1.29 is 0 Å². The van der Waals surface area contributed by atoms with Gasteiger partial charge in [-0.05, 0) is 31.8 Å². The Labute approximate surface area is 120 Å². The van der Waals surface area contributed by atoms with Crippen LogP contribution in [0, 0.1) is 0 Å². The van der Waals surface area contributed by atoms with E-state index in [4.69, 9.17) is 0 Å². The van der Waals surface area contributed by atoms with Crippen molar-refractivity contribution >= 4 is 17.8 Å². The molecule has 0 spiro atoms. The molecule has 1 heterocycles. The topological polar surface area (TPSA) is 37.1 Å². The Morgan fingerprint density at radius 3 is 2.85 bits per heavy atom. The van der Waals surface area contributed by atoms with E-state index in [1.54, 1.807) is 7.05 Å². The van der Waals surface area contributed by atoms with E-state index < -0.39 is 0 Å². The van der Waals surface area contributed by atoms with Crippen molar-refractivity contribution in [2.75, 3.05) is 13.6 Å². The molecule has 1 aliphatic rings. The summed E-state index contributed by atoms with van der Waals surface area (Å²) < 4.78 is 0. The van der Waals surface area contributed by atoms with Crippen LogP contribution in [0.2, 0.25) is 0 Å². The van der Waals surface area contributed by atoms with Gasteiger partial charge in [-0.1, -0.05) is 36.4 Å². The molecule has 0 saturated carbocycles. The summed E-state index contributed by atoms with van der Waals surface area (Å²) in [5, 5.41) is 0. The average molecular weight is 267 g/mol. The number of allylic oxidation sites excluding steroid dienone is 1. The number of unbranched alkanes of at least 4 members (excludes halogenated alkanes) is 1. The summed E-state index contributed by atoms with van der Waals surface area (Å²) in [6.07, 6.45) is 10.5. The van der Waals surface area contributed by atoms with Gasteiger partial charge in [0.2, 0.25) is 0 Å². The third-order valence-electron chi connectivity index (χ3n) is 3.14. The van der Waals surface area contributed by atoms with Crippen molar-refractivity contribution in [3.05, 3.63) is 48.0 Å². The Morgan fingerprint density at radius 1 is 1.30 bits per heavy atom. The minimum Gasteiger partial charge on any atom is -0.289 e. The van der Waals surface area contributed by atoms with Crippen LogP contribution >= 0.6 is 0 Å². The van der Waals surface area contributed by atoms with Crippen LogP contribution in [-0.2, 0) is 0 Å². The number of hydrogen-bond donors (Lipinski definition) is 0. The van der Waals surface area contributed by atoms with Gasteiger partial charge in [-0.15, -0.1) is 0 Å². The van der Waals surface area contributed by atoms with Crippen LogP contribution < -0.4 is 0 Å². The van der Waals surface area contributed by atoms with Gasteiger partial charge in [0, 0.05) is 31.1 Å². The number of aliphatic imine (C=N–C) groups is 3. The van der Waals surface area contributed by atoms with E-state index in [1.807, 2.05) is 36.5 Å². The highest BCUT2D eigenvalue weighted by molar-refractivity contribution is 6.03. The molecule has 1 aliphatic heterocycles. The van der Waals surface area contributed by atoms with Crippen LogP contribution in [0.1, 0.15) is 31.2 Å². The molecule has 0 amide bonds. The molecule has 2 rings (SSSR count). The Hall–Kier alpha value is -2.03. The molecule has 1 aromatic rings. The fraction of sp³-hybridized carbons (Fsp3) is 0.353. The van der Waals surface area contributed by atoms with E-state index >= 15 is 0 Å². The van der Waals surface area contributed by atoms with Crippen molar-refractivity contribution in [1.82, 2.24) is 0 Å². The molecule has 0 unspecified atom stereocenters. The second kappa shape index (κ2) is 8.20. The minimum atomic E-state index is 0.792. The SMILES string of the molecule is CN=C(N=CCCCC1=NCCC=C1)c1ccccc1. The lowest BCUT2D eigenvalue weighted by molar-refractivity contribution is 0.907. The zero-order valence-corrected chi connectivity index (χ0v) is 12.0. The fourth-order valence-corrected chi connectivity index (χ4v) is 2.09. The number of nitrogens with zero attached hydrogens (tertiary/aromatic N) is 3. The van der Waals surface area contributed by atoms with E-state index in [-0.39, 0.29) is 0 Å². The summed E-state index contributed by atoms with van der Waals surface area (Å²) in [6.45, 7) is 0.945. The third-order valence-corrected chi connectivity index (χ3v) is 3.14. The molecule has 3 heteroatoms. The summed E-state index contributed by atoms with van der Waals surface area (Å²) in [4.78, 5) is 13.2. The Balaban J connectivity index is 1.78. The molecule has 0 bridgehead atoms. The molecule has 0 radical (unpaired) electrons. The molecular weight excluding hydrogens is 246 g/mol. The minimum absolute atomic E-state index is 0.792. The number of rotatable bonds is 5. The van der Waals surface area contributed by atoms with Crippen LogP contribution in [0.25, 0.3) is 0 Å². The van der Waals surface area contributed by atoms with E-state index in [0.29, 0.717) is 0 Å². The maximum Gasteiger partial charge on any atom is 0.153 e. The first-order valence-corrected chi connectivity index (χ1v) is 7.15. The summed E-state index contributed by atoms with van der Waals surface area (Å²) in [7, 11) is 1.78. The number of dihydropyridines is 1. The van der Waals surface area contributed by atoms with Crippen molar-refractivity contribution in [3.63, 3.8) is 0 Å². The molecular formula is C17H21N3. The van der Waals surface area contributed by atoms with Gasteiger partial charge in [0.05, 0.1) is 0 Å². The lowest BCUT2D eigenvalue weighted by atomic mass is 10.1. The summed E-state index contributed by atoms with van der Waals surface area (Å²) >= 11 is 0. The van der Waals surface area contributed by atoms with Crippen LogP contribution in [0.15, 0.2) is 57.5 Å². The van der Waals surface area contributed by atoms with Gasteiger partial charge < -0.3 is 0 Å². The van der Waals surface area contributed by atoms with Crippen molar-refractivity contribution in [3.8, 4) is 0 Å². The van der Waals surface area contributed by atoms with E-state index in [1.165, 1.54) is 5.71 Å². The Bertz CT molecular complexity index is 524. The summed E-state index contributed by atoms with van der Waals surface area (Å²) in [5.74, 6) is 0.792. The first-order chi connectivity index (χ1) is 9.90. The Morgan fingerprint density at radius 2 is 2.15 bits per heavy atom.